The van der Waals surface area contributed by atoms with Crippen molar-refractivity contribution in [2.24, 2.45) is 0 Å². The number of rotatable bonds is 3. The smallest absolute Gasteiger partial charge is 0.126 e. The fraction of sp³-hybridized carbons (Fsp3) is 0.0769. The molecule has 0 saturated carbocycles. The van der Waals surface area contributed by atoms with Gasteiger partial charge in [-0.25, -0.2) is 8.78 Å². The molecule has 0 spiro atoms. The molecular formula is C13H10F2OS. The zero-order chi connectivity index (χ0) is 12.3. The molecule has 0 aliphatic carbocycles. The Hall–Kier alpha value is -1.55. The Kier molecular flexibility index (Phi) is 3.64. The lowest BCUT2D eigenvalue weighted by Gasteiger charge is -2.07. The largest absolute Gasteiger partial charge is 0.489 e. The van der Waals surface area contributed by atoms with Crippen molar-refractivity contribution in [2.45, 2.75) is 11.5 Å². The summed E-state index contributed by atoms with van der Waals surface area (Å²) in [5.74, 6) is -0.597. The second-order valence-corrected chi connectivity index (χ2v) is 4.08. The number of hydrogen-bond donors (Lipinski definition) is 1. The van der Waals surface area contributed by atoms with Crippen molar-refractivity contribution >= 4 is 12.6 Å². The fourth-order valence-corrected chi connectivity index (χ4v) is 1.65. The van der Waals surface area contributed by atoms with Crippen molar-refractivity contribution in [3.05, 3.63) is 59.7 Å². The molecule has 0 atom stereocenters. The van der Waals surface area contributed by atoms with Gasteiger partial charge in [0.05, 0.1) is 0 Å². The summed E-state index contributed by atoms with van der Waals surface area (Å²) in [5, 5.41) is 0. The molecule has 0 heterocycles. The van der Waals surface area contributed by atoms with Crippen molar-refractivity contribution in [1.29, 1.82) is 0 Å². The molecule has 0 aliphatic rings. The van der Waals surface area contributed by atoms with Crippen LogP contribution in [0, 0.1) is 11.6 Å². The Balaban J connectivity index is 2.07. The molecule has 0 fully saturated rings. The molecule has 2 rings (SSSR count). The molecule has 17 heavy (non-hydrogen) atoms. The number of benzene rings is 2. The van der Waals surface area contributed by atoms with Gasteiger partial charge in [0.15, 0.2) is 0 Å². The van der Waals surface area contributed by atoms with E-state index in [-0.39, 0.29) is 6.61 Å². The first-order valence-corrected chi connectivity index (χ1v) is 5.45. The van der Waals surface area contributed by atoms with Crippen LogP contribution in [0.5, 0.6) is 5.75 Å². The van der Waals surface area contributed by atoms with Crippen LogP contribution in [-0.4, -0.2) is 0 Å². The minimum absolute atomic E-state index is 0.117. The van der Waals surface area contributed by atoms with Gasteiger partial charge in [0, 0.05) is 11.0 Å². The highest BCUT2D eigenvalue weighted by Crippen LogP contribution is 2.17. The SMILES string of the molecule is Fc1cc(F)cc(COc2cccc(S)c2)c1. The van der Waals surface area contributed by atoms with Crippen LogP contribution in [0.15, 0.2) is 47.4 Å². The lowest BCUT2D eigenvalue weighted by atomic mass is 10.2. The van der Waals surface area contributed by atoms with E-state index in [1.54, 1.807) is 18.2 Å². The van der Waals surface area contributed by atoms with Gasteiger partial charge in [0.2, 0.25) is 0 Å². The van der Waals surface area contributed by atoms with Gasteiger partial charge < -0.3 is 4.74 Å². The maximum Gasteiger partial charge on any atom is 0.126 e. The number of ether oxygens (including phenoxy) is 1. The van der Waals surface area contributed by atoms with E-state index in [0.29, 0.717) is 11.3 Å². The van der Waals surface area contributed by atoms with Crippen LogP contribution in [0.4, 0.5) is 8.78 Å². The number of hydrogen-bond acceptors (Lipinski definition) is 2. The fourth-order valence-electron chi connectivity index (χ4n) is 1.43. The summed E-state index contributed by atoms with van der Waals surface area (Å²) >= 11 is 4.17. The Morgan fingerprint density at radius 2 is 1.71 bits per heavy atom. The van der Waals surface area contributed by atoms with Crippen molar-refractivity contribution in [2.75, 3.05) is 0 Å². The zero-order valence-electron chi connectivity index (χ0n) is 8.86. The molecule has 0 radical (unpaired) electrons. The van der Waals surface area contributed by atoms with Gasteiger partial charge in [0.1, 0.15) is 24.0 Å². The van der Waals surface area contributed by atoms with E-state index in [2.05, 4.69) is 12.6 Å². The average molecular weight is 252 g/mol. The summed E-state index contributed by atoms with van der Waals surface area (Å²) in [5.41, 5.74) is 0.451. The Morgan fingerprint density at radius 3 is 2.35 bits per heavy atom. The maximum absolute atomic E-state index is 12.9. The van der Waals surface area contributed by atoms with Crippen LogP contribution < -0.4 is 4.74 Å². The highest BCUT2D eigenvalue weighted by molar-refractivity contribution is 7.80. The molecule has 88 valence electrons. The van der Waals surface area contributed by atoms with Crippen molar-refractivity contribution in [3.8, 4) is 5.75 Å². The highest BCUT2D eigenvalue weighted by Gasteiger charge is 2.01. The van der Waals surface area contributed by atoms with Gasteiger partial charge in [-0.2, -0.15) is 0 Å². The van der Waals surface area contributed by atoms with Gasteiger partial charge >= 0.3 is 0 Å². The first-order valence-electron chi connectivity index (χ1n) is 5.00. The molecule has 2 aromatic rings. The molecule has 0 amide bonds. The second kappa shape index (κ2) is 5.19. The first-order chi connectivity index (χ1) is 8.13. The molecule has 0 unspecified atom stereocenters. The molecule has 0 N–H and O–H groups in total. The van der Waals surface area contributed by atoms with Gasteiger partial charge in [-0.05, 0) is 35.9 Å². The lowest BCUT2D eigenvalue weighted by Crippen LogP contribution is -1.97. The Morgan fingerprint density at radius 1 is 1.00 bits per heavy atom. The van der Waals surface area contributed by atoms with E-state index < -0.39 is 11.6 Å². The molecule has 0 bridgehead atoms. The monoisotopic (exact) mass is 252 g/mol. The minimum Gasteiger partial charge on any atom is -0.489 e. The summed E-state index contributed by atoms with van der Waals surface area (Å²) in [6.07, 6.45) is 0. The van der Waals surface area contributed by atoms with Gasteiger partial charge in [-0.1, -0.05) is 6.07 Å². The van der Waals surface area contributed by atoms with Crippen molar-refractivity contribution in [3.63, 3.8) is 0 Å². The van der Waals surface area contributed by atoms with Gasteiger partial charge in [-0.3, -0.25) is 0 Å². The second-order valence-electron chi connectivity index (χ2n) is 3.56. The topological polar surface area (TPSA) is 9.23 Å². The average Bonchev–Trinajstić information content (AvgIpc) is 2.25. The van der Waals surface area contributed by atoms with Crippen LogP contribution in [0.25, 0.3) is 0 Å². The zero-order valence-corrected chi connectivity index (χ0v) is 9.75. The van der Waals surface area contributed by atoms with E-state index >= 15 is 0 Å². The molecule has 0 saturated heterocycles. The van der Waals surface area contributed by atoms with E-state index in [0.717, 1.165) is 11.0 Å². The summed E-state index contributed by atoms with van der Waals surface area (Å²) in [6, 6.07) is 10.4. The van der Waals surface area contributed by atoms with Crippen molar-refractivity contribution < 1.29 is 13.5 Å². The van der Waals surface area contributed by atoms with E-state index in [4.69, 9.17) is 4.74 Å². The van der Waals surface area contributed by atoms with E-state index in [9.17, 15) is 8.78 Å². The number of thiol groups is 1. The summed E-state index contributed by atoms with van der Waals surface area (Å²) in [7, 11) is 0. The van der Waals surface area contributed by atoms with E-state index in [1.165, 1.54) is 12.1 Å². The van der Waals surface area contributed by atoms with E-state index in [1.807, 2.05) is 6.07 Å². The predicted molar refractivity (Wildman–Crippen MR) is 64.4 cm³/mol. The summed E-state index contributed by atoms with van der Waals surface area (Å²) in [6.45, 7) is 0.117. The van der Waals surface area contributed by atoms with Crippen LogP contribution in [-0.2, 0) is 6.61 Å². The van der Waals surface area contributed by atoms with Crippen LogP contribution in [0.1, 0.15) is 5.56 Å². The van der Waals surface area contributed by atoms with Crippen LogP contribution in [0.3, 0.4) is 0 Å². The summed E-state index contributed by atoms with van der Waals surface area (Å²) in [4.78, 5) is 0.771. The standard InChI is InChI=1S/C13H10F2OS/c14-10-4-9(5-11(15)6-10)8-16-12-2-1-3-13(17)7-12/h1-7,17H,8H2. The lowest BCUT2D eigenvalue weighted by molar-refractivity contribution is 0.304. The summed E-state index contributed by atoms with van der Waals surface area (Å²) < 4.78 is 31.2. The molecule has 0 aromatic heterocycles. The van der Waals surface area contributed by atoms with Crippen LogP contribution >= 0.6 is 12.6 Å². The quantitative estimate of drug-likeness (QED) is 0.817. The molecular weight excluding hydrogens is 242 g/mol. The third kappa shape index (κ3) is 3.46. The van der Waals surface area contributed by atoms with Crippen LogP contribution in [0.2, 0.25) is 0 Å². The third-order valence-electron chi connectivity index (χ3n) is 2.15. The van der Waals surface area contributed by atoms with Gasteiger partial charge in [-0.15, -0.1) is 12.6 Å². The predicted octanol–water partition coefficient (Wildman–Crippen LogP) is 3.83. The molecule has 2 aromatic carbocycles. The number of halogens is 2. The normalized spacial score (nSPS) is 10.3. The molecule has 0 aliphatic heterocycles. The first kappa shape index (κ1) is 11.9. The highest BCUT2D eigenvalue weighted by atomic mass is 32.1. The Labute approximate surface area is 103 Å². The maximum atomic E-state index is 12.9. The molecule has 4 heteroatoms. The Bertz CT molecular complexity index is 508. The molecule has 1 nitrogen and oxygen atoms in total. The van der Waals surface area contributed by atoms with Crippen molar-refractivity contribution in [1.82, 2.24) is 0 Å². The van der Waals surface area contributed by atoms with Gasteiger partial charge in [0.25, 0.3) is 0 Å². The minimum atomic E-state index is -0.605. The third-order valence-corrected chi connectivity index (χ3v) is 2.42.